The van der Waals surface area contributed by atoms with Crippen molar-refractivity contribution < 1.29 is 24.2 Å². The highest BCUT2D eigenvalue weighted by Crippen LogP contribution is 2.59. The number of amides is 3. The molecule has 3 heterocycles. The highest BCUT2D eigenvalue weighted by atomic mass is 35.5. The van der Waals surface area contributed by atoms with Crippen LogP contribution < -0.4 is 10.6 Å². The molecule has 0 radical (unpaired) electrons. The lowest BCUT2D eigenvalue weighted by Gasteiger charge is -2.36. The van der Waals surface area contributed by atoms with Crippen LogP contribution in [0.4, 0.5) is 5.69 Å². The van der Waals surface area contributed by atoms with Gasteiger partial charge in [0.15, 0.2) is 0 Å². The first-order valence-corrected chi connectivity index (χ1v) is 11.7. The second-order valence-corrected chi connectivity index (χ2v) is 9.46. The van der Waals surface area contributed by atoms with Crippen molar-refractivity contribution in [3.8, 4) is 0 Å². The number of hydrogen-bond donors (Lipinski definition) is 3. The number of likely N-dealkylation sites (tertiary alicyclic amines) is 1. The molecule has 0 aliphatic carbocycles. The summed E-state index contributed by atoms with van der Waals surface area (Å²) in [6.45, 7) is -0.378. The number of rotatable bonds is 6. The number of aliphatic hydroxyl groups excluding tert-OH is 1. The number of hydrogen-bond acceptors (Lipinski definition) is 5. The van der Waals surface area contributed by atoms with Crippen molar-refractivity contribution in [1.82, 2.24) is 10.2 Å². The molecular weight excluding hydrogens is 458 g/mol. The Morgan fingerprint density at radius 2 is 1.88 bits per heavy atom. The molecule has 0 aromatic heterocycles. The molecular formula is C25H26ClN3O5. The molecule has 2 aromatic rings. The number of fused-ring (bicyclic) bond motifs is 1. The minimum atomic E-state index is -1.14. The van der Waals surface area contributed by atoms with Gasteiger partial charge in [-0.15, -0.1) is 0 Å². The predicted molar refractivity (Wildman–Crippen MR) is 125 cm³/mol. The Hall–Kier alpha value is -2.94. The molecule has 2 aromatic carbocycles. The average molecular weight is 484 g/mol. The Balaban J connectivity index is 1.58. The number of nitrogens with one attached hydrogen (secondary N) is 2. The Morgan fingerprint density at radius 1 is 1.18 bits per heavy atom. The summed E-state index contributed by atoms with van der Waals surface area (Å²) in [5.74, 6) is -2.54. The first-order valence-electron chi connectivity index (χ1n) is 11.3. The van der Waals surface area contributed by atoms with Gasteiger partial charge in [0.25, 0.3) is 0 Å². The van der Waals surface area contributed by atoms with Crippen LogP contribution in [0.2, 0.25) is 5.02 Å². The van der Waals surface area contributed by atoms with Crippen molar-refractivity contribution in [3.63, 3.8) is 0 Å². The van der Waals surface area contributed by atoms with Crippen LogP contribution in [-0.4, -0.2) is 59.1 Å². The second-order valence-electron chi connectivity index (χ2n) is 9.02. The van der Waals surface area contributed by atoms with Crippen molar-refractivity contribution in [2.24, 2.45) is 11.8 Å². The predicted octanol–water partition coefficient (Wildman–Crippen LogP) is 2.13. The van der Waals surface area contributed by atoms with E-state index in [0.29, 0.717) is 29.1 Å². The number of aliphatic hydroxyl groups is 1. The number of benzene rings is 2. The van der Waals surface area contributed by atoms with Crippen molar-refractivity contribution in [2.45, 2.75) is 36.6 Å². The van der Waals surface area contributed by atoms with E-state index in [-0.39, 0.29) is 18.4 Å². The maximum absolute atomic E-state index is 13.9. The molecule has 5 rings (SSSR count). The lowest BCUT2D eigenvalue weighted by molar-refractivity contribution is -0.144. The fourth-order valence-corrected chi connectivity index (χ4v) is 6.09. The quantitative estimate of drug-likeness (QED) is 0.583. The summed E-state index contributed by atoms with van der Waals surface area (Å²) in [4.78, 5) is 41.9. The van der Waals surface area contributed by atoms with Gasteiger partial charge in [-0.05, 0) is 42.7 Å². The van der Waals surface area contributed by atoms with Crippen LogP contribution in [-0.2, 0) is 19.1 Å². The zero-order valence-electron chi connectivity index (χ0n) is 18.6. The van der Waals surface area contributed by atoms with Gasteiger partial charge in [-0.25, -0.2) is 0 Å². The largest absolute Gasteiger partial charge is 0.394 e. The monoisotopic (exact) mass is 483 g/mol. The molecule has 0 saturated carbocycles. The van der Waals surface area contributed by atoms with Crippen LogP contribution in [0.1, 0.15) is 24.4 Å². The highest BCUT2D eigenvalue weighted by Gasteiger charge is 2.75. The number of carbonyl (C=O) groups excluding carboxylic acids is 3. The minimum absolute atomic E-state index is 0.274. The fourth-order valence-electron chi connectivity index (χ4n) is 5.97. The van der Waals surface area contributed by atoms with E-state index in [1.165, 1.54) is 11.9 Å². The van der Waals surface area contributed by atoms with Gasteiger partial charge in [-0.2, -0.15) is 0 Å². The summed E-state index contributed by atoms with van der Waals surface area (Å²) >= 11 is 5.98. The van der Waals surface area contributed by atoms with Gasteiger partial charge < -0.3 is 25.4 Å². The Bertz CT molecular complexity index is 1110. The molecule has 3 aliphatic heterocycles. The summed E-state index contributed by atoms with van der Waals surface area (Å²) in [5.41, 5.74) is 0.0832. The third kappa shape index (κ3) is 3.40. The molecule has 9 heteroatoms. The van der Waals surface area contributed by atoms with E-state index in [9.17, 15) is 19.5 Å². The zero-order chi connectivity index (χ0) is 24.0. The van der Waals surface area contributed by atoms with Gasteiger partial charge in [0.1, 0.15) is 11.6 Å². The van der Waals surface area contributed by atoms with E-state index in [4.69, 9.17) is 16.3 Å². The number of anilines is 1. The van der Waals surface area contributed by atoms with E-state index in [2.05, 4.69) is 10.6 Å². The molecule has 3 aliphatic rings. The number of halogens is 1. The van der Waals surface area contributed by atoms with E-state index < -0.39 is 41.5 Å². The molecule has 3 N–H and O–H groups in total. The standard InChI is InChI=1S/C25H26ClN3O5/c1-27-22(31)19-18-11-12-25(34-18)20(19)24(33)29(17(13-30)14-5-3-2-4-6-14)21(25)23(32)28-16-9-7-15(26)8-10-16/h2-10,17-21,30H,11-13H2,1H3,(H,27,31)(H,28,32)/t17-,18-,19+,20+,21?,25?/m1/s1. The minimum Gasteiger partial charge on any atom is -0.394 e. The van der Waals surface area contributed by atoms with Crippen molar-refractivity contribution >= 4 is 35.0 Å². The van der Waals surface area contributed by atoms with Gasteiger partial charge >= 0.3 is 0 Å². The van der Waals surface area contributed by atoms with E-state index in [0.717, 1.165) is 0 Å². The summed E-state index contributed by atoms with van der Waals surface area (Å²) in [5, 5.41) is 16.4. The topological polar surface area (TPSA) is 108 Å². The summed E-state index contributed by atoms with van der Waals surface area (Å²) in [6, 6.07) is 14.0. The van der Waals surface area contributed by atoms with Gasteiger partial charge in [0.05, 0.1) is 30.6 Å². The second kappa shape index (κ2) is 8.69. The molecule has 34 heavy (non-hydrogen) atoms. The molecule has 178 valence electrons. The lowest BCUT2D eigenvalue weighted by atomic mass is 9.70. The van der Waals surface area contributed by atoms with Gasteiger partial charge in [0.2, 0.25) is 17.7 Å². The van der Waals surface area contributed by atoms with Gasteiger partial charge in [-0.3, -0.25) is 14.4 Å². The molecule has 8 nitrogen and oxygen atoms in total. The van der Waals surface area contributed by atoms with E-state index in [1.54, 1.807) is 24.3 Å². The lowest BCUT2D eigenvalue weighted by Crippen LogP contribution is -2.54. The molecule has 2 unspecified atom stereocenters. The number of ether oxygens (including phenoxy) is 1. The zero-order valence-corrected chi connectivity index (χ0v) is 19.4. The summed E-state index contributed by atoms with van der Waals surface area (Å²) in [7, 11) is 1.53. The van der Waals surface area contributed by atoms with Crippen LogP contribution in [0.15, 0.2) is 54.6 Å². The Labute approximate surface area is 202 Å². The molecule has 3 amide bonds. The maximum atomic E-state index is 13.9. The van der Waals surface area contributed by atoms with Crippen LogP contribution in [0, 0.1) is 11.8 Å². The van der Waals surface area contributed by atoms with Gasteiger partial charge in [0, 0.05) is 17.8 Å². The number of nitrogens with zero attached hydrogens (tertiary/aromatic N) is 1. The van der Waals surface area contributed by atoms with E-state index in [1.807, 2.05) is 30.3 Å². The van der Waals surface area contributed by atoms with E-state index >= 15 is 0 Å². The molecule has 3 fully saturated rings. The summed E-state index contributed by atoms with van der Waals surface area (Å²) in [6.07, 6.45) is 0.630. The van der Waals surface area contributed by atoms with Gasteiger partial charge in [-0.1, -0.05) is 41.9 Å². The molecule has 3 saturated heterocycles. The summed E-state index contributed by atoms with van der Waals surface area (Å²) < 4.78 is 6.35. The van der Waals surface area contributed by atoms with Crippen LogP contribution in [0.5, 0.6) is 0 Å². The SMILES string of the molecule is CNC(=O)[C@@H]1[C@H]2C(=O)N([C@H](CO)c3ccccc3)C(C(=O)Nc3ccc(Cl)cc3)C23CC[C@H]1O3. The van der Waals surface area contributed by atoms with Crippen molar-refractivity contribution in [2.75, 3.05) is 19.0 Å². The first-order chi connectivity index (χ1) is 16.4. The van der Waals surface area contributed by atoms with Crippen molar-refractivity contribution in [1.29, 1.82) is 0 Å². The highest BCUT2D eigenvalue weighted by molar-refractivity contribution is 6.30. The molecule has 1 spiro atoms. The molecule has 2 bridgehead atoms. The smallest absolute Gasteiger partial charge is 0.250 e. The Kier molecular flexibility index (Phi) is 5.83. The number of carbonyl (C=O) groups is 3. The average Bonchev–Trinajstić information content (AvgIpc) is 3.49. The third-order valence-corrected chi connectivity index (χ3v) is 7.59. The van der Waals surface area contributed by atoms with Crippen LogP contribution in [0.3, 0.4) is 0 Å². The van der Waals surface area contributed by atoms with Crippen molar-refractivity contribution in [3.05, 3.63) is 65.2 Å². The fraction of sp³-hybridized carbons (Fsp3) is 0.400. The van der Waals surface area contributed by atoms with Crippen LogP contribution in [0.25, 0.3) is 0 Å². The molecule has 6 atom stereocenters. The third-order valence-electron chi connectivity index (χ3n) is 7.34. The van der Waals surface area contributed by atoms with Crippen LogP contribution >= 0.6 is 11.6 Å². The maximum Gasteiger partial charge on any atom is 0.250 e. The first kappa shape index (κ1) is 22.8. The normalized spacial score (nSPS) is 30.2. The Morgan fingerprint density at radius 3 is 2.53 bits per heavy atom.